The molecular formula is C30H17BrS. The quantitative estimate of drug-likeness (QED) is 0.198. The molecule has 0 nitrogen and oxygen atoms in total. The van der Waals surface area contributed by atoms with Crippen LogP contribution in [0.1, 0.15) is 11.0 Å². The molecule has 7 aromatic rings. The molecule has 0 N–H and O–H groups in total. The van der Waals surface area contributed by atoms with Crippen molar-refractivity contribution in [3.63, 3.8) is 0 Å². The molecule has 0 aliphatic heterocycles. The van der Waals surface area contributed by atoms with Gasteiger partial charge < -0.3 is 0 Å². The SMILES string of the molecule is [2H]c1c([2H])c([2H])c2c(-c3ccc4ccc5sc6ccccc6c5c4c3)c3c([2H])c([2H])c([2H])c([2H])c3c(Br)c2c1[2H]. The smallest absolute Gasteiger partial charge is 0.0630 e. The van der Waals surface area contributed by atoms with Crippen LogP contribution in [0.25, 0.3) is 63.6 Å². The Balaban J connectivity index is 1.76. The summed E-state index contributed by atoms with van der Waals surface area (Å²) in [7, 11) is 0. The van der Waals surface area contributed by atoms with Gasteiger partial charge in [-0.1, -0.05) is 84.7 Å². The van der Waals surface area contributed by atoms with Crippen LogP contribution in [0.4, 0.5) is 0 Å². The molecule has 0 fully saturated rings. The van der Waals surface area contributed by atoms with E-state index in [1.807, 2.05) is 36.4 Å². The average molecular weight is 497 g/mol. The molecule has 0 unspecified atom stereocenters. The highest BCUT2D eigenvalue weighted by molar-refractivity contribution is 9.10. The van der Waals surface area contributed by atoms with Gasteiger partial charge in [0.15, 0.2) is 0 Å². The largest absolute Gasteiger partial charge is 0.135 e. The molecule has 0 saturated heterocycles. The van der Waals surface area contributed by atoms with E-state index in [0.29, 0.717) is 11.1 Å². The summed E-state index contributed by atoms with van der Waals surface area (Å²) in [5, 5.41) is 4.91. The zero-order valence-electron chi connectivity index (χ0n) is 24.5. The maximum absolute atomic E-state index is 8.88. The Bertz CT molecular complexity index is 2190. The van der Waals surface area contributed by atoms with Crippen molar-refractivity contribution in [2.75, 3.05) is 0 Å². The van der Waals surface area contributed by atoms with Crippen molar-refractivity contribution in [3.8, 4) is 11.1 Å². The lowest BCUT2D eigenvalue weighted by atomic mass is 9.90. The third-order valence-electron chi connectivity index (χ3n) is 5.96. The van der Waals surface area contributed by atoms with Crippen molar-refractivity contribution in [1.82, 2.24) is 0 Å². The number of benzene rings is 6. The molecule has 0 aliphatic rings. The maximum Gasteiger partial charge on any atom is 0.0630 e. The Labute approximate surface area is 209 Å². The molecule has 0 bridgehead atoms. The number of rotatable bonds is 1. The van der Waals surface area contributed by atoms with E-state index < -0.39 is 24.2 Å². The second kappa shape index (κ2) is 6.90. The minimum absolute atomic E-state index is 0.179. The molecule has 32 heavy (non-hydrogen) atoms. The van der Waals surface area contributed by atoms with Crippen LogP contribution in [0.5, 0.6) is 0 Å². The van der Waals surface area contributed by atoms with E-state index in [1.165, 1.54) is 0 Å². The molecule has 0 amide bonds. The second-order valence-corrected chi connectivity index (χ2v) is 9.54. The van der Waals surface area contributed by atoms with Crippen LogP contribution in [0.2, 0.25) is 0 Å². The summed E-state index contributed by atoms with van der Waals surface area (Å²) in [5.41, 5.74) is 0.957. The highest BCUT2D eigenvalue weighted by Gasteiger charge is 2.15. The minimum atomic E-state index is -0.408. The molecule has 6 aromatic carbocycles. The van der Waals surface area contributed by atoms with Crippen molar-refractivity contribution in [2.24, 2.45) is 0 Å². The van der Waals surface area contributed by atoms with E-state index in [4.69, 9.17) is 11.0 Å². The molecule has 0 spiro atoms. The molecule has 2 heteroatoms. The van der Waals surface area contributed by atoms with Crippen LogP contribution in [-0.4, -0.2) is 0 Å². The predicted molar refractivity (Wildman–Crippen MR) is 145 cm³/mol. The fourth-order valence-corrected chi connectivity index (χ4v) is 6.28. The molecule has 1 heterocycles. The van der Waals surface area contributed by atoms with Crippen molar-refractivity contribution >= 4 is 79.8 Å². The van der Waals surface area contributed by atoms with Gasteiger partial charge in [-0.25, -0.2) is 0 Å². The van der Waals surface area contributed by atoms with Gasteiger partial charge in [-0.05, 0) is 77.6 Å². The number of hydrogen-bond donors (Lipinski definition) is 0. The van der Waals surface area contributed by atoms with E-state index in [0.717, 1.165) is 30.9 Å². The Kier molecular flexibility index (Phi) is 2.62. The first-order valence-electron chi connectivity index (χ1n) is 14.1. The lowest BCUT2D eigenvalue weighted by molar-refractivity contribution is 1.70. The van der Waals surface area contributed by atoms with E-state index in [9.17, 15) is 0 Å². The molecule has 0 atom stereocenters. The van der Waals surface area contributed by atoms with Crippen LogP contribution in [0.3, 0.4) is 0 Å². The van der Waals surface area contributed by atoms with Crippen LogP contribution < -0.4 is 0 Å². The van der Waals surface area contributed by atoms with Crippen molar-refractivity contribution < 1.29 is 11.0 Å². The molecule has 0 radical (unpaired) electrons. The fraction of sp³-hybridized carbons (Fsp3) is 0. The first kappa shape index (κ1) is 12.2. The van der Waals surface area contributed by atoms with E-state index in [1.54, 1.807) is 11.3 Å². The topological polar surface area (TPSA) is 0 Å². The van der Waals surface area contributed by atoms with Crippen molar-refractivity contribution in [1.29, 1.82) is 0 Å². The lowest BCUT2D eigenvalue weighted by Crippen LogP contribution is -1.88. The van der Waals surface area contributed by atoms with Gasteiger partial charge in [0, 0.05) is 24.6 Å². The molecule has 7 rings (SSSR count). The molecule has 0 saturated carbocycles. The predicted octanol–water partition coefficient (Wildman–Crippen LogP) is 9.94. The van der Waals surface area contributed by atoms with Crippen molar-refractivity contribution in [3.05, 3.63) is 107 Å². The molecule has 150 valence electrons. The van der Waals surface area contributed by atoms with Crippen LogP contribution in [0, 0.1) is 0 Å². The van der Waals surface area contributed by atoms with Gasteiger partial charge in [-0.2, -0.15) is 0 Å². The number of fused-ring (bicyclic) bond motifs is 7. The van der Waals surface area contributed by atoms with Gasteiger partial charge in [0.2, 0.25) is 0 Å². The second-order valence-electron chi connectivity index (χ2n) is 7.66. The molecule has 0 aliphatic carbocycles. The Hall–Kier alpha value is -3.20. The van der Waals surface area contributed by atoms with Gasteiger partial charge in [-0.15, -0.1) is 11.3 Å². The lowest BCUT2D eigenvalue weighted by Gasteiger charge is -2.15. The summed E-state index contributed by atoms with van der Waals surface area (Å²) < 4.78 is 71.2. The molecular weight excluding hydrogens is 472 g/mol. The highest BCUT2D eigenvalue weighted by atomic mass is 79.9. The van der Waals surface area contributed by atoms with E-state index >= 15 is 0 Å². The van der Waals surface area contributed by atoms with E-state index in [2.05, 4.69) is 34.1 Å². The third kappa shape index (κ3) is 2.54. The van der Waals surface area contributed by atoms with Gasteiger partial charge >= 0.3 is 0 Å². The average Bonchev–Trinajstić information content (AvgIpc) is 3.35. The van der Waals surface area contributed by atoms with Gasteiger partial charge in [0.05, 0.1) is 11.0 Å². The number of halogens is 1. The van der Waals surface area contributed by atoms with Crippen LogP contribution >= 0.6 is 27.3 Å². The highest BCUT2D eigenvalue weighted by Crippen LogP contribution is 2.44. The zero-order valence-corrected chi connectivity index (χ0v) is 18.9. The monoisotopic (exact) mass is 496 g/mol. The summed E-state index contributed by atoms with van der Waals surface area (Å²) in [5.74, 6) is 0. The summed E-state index contributed by atoms with van der Waals surface area (Å²) in [6.45, 7) is 0. The standard InChI is InChI=1S/C30H17BrS/c31-30-22-9-3-1-7-20(22)28(21-8-2-4-10-23(21)30)19-14-13-18-15-16-27-29(25(18)17-19)24-11-5-6-12-26(24)32-27/h1-17H/i1D,2D,3D,4D,7D,8D,9D,10D. The summed E-state index contributed by atoms with van der Waals surface area (Å²) >= 11 is 5.17. The Morgan fingerprint density at radius 1 is 0.625 bits per heavy atom. The Morgan fingerprint density at radius 3 is 2.03 bits per heavy atom. The Morgan fingerprint density at radius 2 is 1.28 bits per heavy atom. The molecule has 1 aromatic heterocycles. The zero-order chi connectivity index (χ0) is 28.2. The minimum Gasteiger partial charge on any atom is -0.135 e. The summed E-state index contributed by atoms with van der Waals surface area (Å²) in [6, 6.07) is 15.4. The van der Waals surface area contributed by atoms with Crippen molar-refractivity contribution in [2.45, 2.75) is 0 Å². The van der Waals surface area contributed by atoms with Crippen LogP contribution in [0.15, 0.2) is 107 Å². The first-order chi connectivity index (χ1) is 19.1. The van der Waals surface area contributed by atoms with Crippen LogP contribution in [-0.2, 0) is 0 Å². The van der Waals surface area contributed by atoms with Gasteiger partial charge in [0.1, 0.15) is 0 Å². The number of hydrogen-bond acceptors (Lipinski definition) is 1. The van der Waals surface area contributed by atoms with Gasteiger partial charge in [-0.3, -0.25) is 0 Å². The summed E-state index contributed by atoms with van der Waals surface area (Å²) in [4.78, 5) is 0. The third-order valence-corrected chi connectivity index (χ3v) is 7.89. The van der Waals surface area contributed by atoms with Gasteiger partial charge in [0.25, 0.3) is 0 Å². The normalized spacial score (nSPS) is 15.4. The number of thiophene rings is 1. The van der Waals surface area contributed by atoms with E-state index in [-0.39, 0.29) is 50.2 Å². The fourth-order valence-electron chi connectivity index (χ4n) is 4.57. The first-order valence-corrected chi connectivity index (χ1v) is 11.7. The maximum atomic E-state index is 8.88. The summed E-state index contributed by atoms with van der Waals surface area (Å²) in [6.07, 6.45) is 0.